The number of methoxy groups -OCH3 is 2. The number of anilines is 1. The molecule has 2 heterocycles. The van der Waals surface area contributed by atoms with Crippen molar-refractivity contribution in [1.29, 1.82) is 0 Å². The van der Waals surface area contributed by atoms with Gasteiger partial charge in [0.05, 0.1) is 20.1 Å². The summed E-state index contributed by atoms with van der Waals surface area (Å²) in [5, 5.41) is 17.3. The maximum absolute atomic E-state index is 13.3. The second kappa shape index (κ2) is 14.8. The monoisotopic (exact) mass is 718 g/mol. The number of carbonyl (C=O) groups excluding carboxylic acids is 1. The van der Waals surface area contributed by atoms with Crippen molar-refractivity contribution in [2.75, 3.05) is 32.6 Å². The summed E-state index contributed by atoms with van der Waals surface area (Å²) in [6.45, 7) is 0.00598. The number of halogens is 3. The number of urea groups is 1. The maximum Gasteiger partial charge on any atom is 0.391 e. The number of ether oxygens (including phenoxy) is 2. The predicted molar refractivity (Wildman–Crippen MR) is 196 cm³/mol. The zero-order valence-corrected chi connectivity index (χ0v) is 29.1. The molecular weight excluding hydrogens is 681 g/mol. The van der Waals surface area contributed by atoms with Crippen molar-refractivity contribution < 1.29 is 27.4 Å². The van der Waals surface area contributed by atoms with Gasteiger partial charge in [-0.05, 0) is 70.1 Å². The van der Waals surface area contributed by atoms with Gasteiger partial charge >= 0.3 is 12.2 Å². The van der Waals surface area contributed by atoms with E-state index in [9.17, 15) is 18.0 Å². The van der Waals surface area contributed by atoms with Crippen LogP contribution in [0.4, 0.5) is 23.7 Å². The summed E-state index contributed by atoms with van der Waals surface area (Å²) in [6, 6.07) is 40.3. The number of nitrogens with zero attached hydrogens (tertiary/aromatic N) is 5. The number of tetrazole rings is 1. The molecule has 0 radical (unpaired) electrons. The van der Waals surface area contributed by atoms with Gasteiger partial charge in [-0.1, -0.05) is 103 Å². The molecule has 12 heteroatoms. The Morgan fingerprint density at radius 2 is 1.28 bits per heavy atom. The Bertz CT molecular complexity index is 2070. The molecule has 0 aliphatic carbocycles. The van der Waals surface area contributed by atoms with Crippen LogP contribution in [0, 0.1) is 5.92 Å². The molecule has 1 saturated heterocycles. The third-order valence-electron chi connectivity index (χ3n) is 9.74. The van der Waals surface area contributed by atoms with Crippen molar-refractivity contribution in [2.24, 2.45) is 5.92 Å². The van der Waals surface area contributed by atoms with Crippen LogP contribution in [0.1, 0.15) is 29.5 Å². The van der Waals surface area contributed by atoms with Gasteiger partial charge in [-0.3, -0.25) is 0 Å². The van der Waals surface area contributed by atoms with Crippen LogP contribution in [-0.4, -0.2) is 64.6 Å². The van der Waals surface area contributed by atoms with Crippen LogP contribution in [-0.2, 0) is 5.54 Å². The van der Waals surface area contributed by atoms with Crippen molar-refractivity contribution in [3.05, 3.63) is 144 Å². The van der Waals surface area contributed by atoms with Crippen LogP contribution in [0.3, 0.4) is 0 Å². The standard InChI is InChI=1S/C41H37F3N6O3/c1-52-36-21-18-28(26-37(36)53-2)34-20-19-33(45-39(51)49-24-22-32(23-25-49)41(42,43)44)27-35(34)38-46-48-50(47-38)40(29-12-6-3-7-13-29,30-14-8-4-9-15-30)31-16-10-5-11-17-31/h3-21,26-27,32H,22-25H2,1-2H3,(H,45,51). The van der Waals surface area contributed by atoms with Crippen LogP contribution in [0.2, 0.25) is 0 Å². The molecule has 53 heavy (non-hydrogen) atoms. The van der Waals surface area contributed by atoms with E-state index in [1.165, 1.54) is 4.90 Å². The third-order valence-corrected chi connectivity index (χ3v) is 9.74. The summed E-state index contributed by atoms with van der Waals surface area (Å²) in [5.74, 6) is -0.0618. The van der Waals surface area contributed by atoms with Gasteiger partial charge in [0.15, 0.2) is 17.0 Å². The lowest BCUT2D eigenvalue weighted by molar-refractivity contribution is -0.183. The van der Waals surface area contributed by atoms with E-state index in [2.05, 4.69) is 10.4 Å². The Morgan fingerprint density at radius 1 is 0.717 bits per heavy atom. The van der Waals surface area contributed by atoms with Gasteiger partial charge in [-0.2, -0.15) is 13.2 Å². The third kappa shape index (κ3) is 6.92. The highest BCUT2D eigenvalue weighted by Crippen LogP contribution is 2.42. The van der Waals surface area contributed by atoms with Gasteiger partial charge in [0.2, 0.25) is 5.82 Å². The summed E-state index contributed by atoms with van der Waals surface area (Å²) >= 11 is 0. The summed E-state index contributed by atoms with van der Waals surface area (Å²) in [7, 11) is 3.12. The average Bonchev–Trinajstić information content (AvgIpc) is 3.69. The molecule has 0 bridgehead atoms. The van der Waals surface area contributed by atoms with Gasteiger partial charge in [0, 0.05) is 24.3 Å². The van der Waals surface area contributed by atoms with Gasteiger partial charge in [-0.15, -0.1) is 15.0 Å². The molecular formula is C41H37F3N6O3. The number of piperidine rings is 1. The fraction of sp³-hybridized carbons (Fsp3) is 0.220. The SMILES string of the molecule is COc1ccc(-c2ccc(NC(=O)N3CCC(C(F)(F)F)CC3)cc2-c2nnn(C(c3ccccc3)(c3ccccc3)c3ccccc3)n2)cc1OC. The zero-order chi connectivity index (χ0) is 37.0. The number of hydrogen-bond acceptors (Lipinski definition) is 6. The summed E-state index contributed by atoms with van der Waals surface area (Å²) in [6.07, 6.45) is -4.56. The molecule has 0 spiro atoms. The molecule has 0 saturated carbocycles. The molecule has 9 nitrogen and oxygen atoms in total. The Balaban J connectivity index is 1.35. The number of benzene rings is 5. The minimum absolute atomic E-state index is 0.00299. The topological polar surface area (TPSA) is 94.4 Å². The molecule has 1 fully saturated rings. The van der Waals surface area contributed by atoms with Gasteiger partial charge in [-0.25, -0.2) is 4.79 Å². The number of hydrogen-bond donors (Lipinski definition) is 1. The van der Waals surface area contributed by atoms with Crippen molar-refractivity contribution in [1.82, 2.24) is 25.1 Å². The maximum atomic E-state index is 13.3. The fourth-order valence-corrected chi connectivity index (χ4v) is 7.02. The van der Waals surface area contributed by atoms with Crippen LogP contribution in [0.15, 0.2) is 127 Å². The summed E-state index contributed by atoms with van der Waals surface area (Å²) in [5.41, 5.74) is 4.18. The highest BCUT2D eigenvalue weighted by Gasteiger charge is 2.43. The van der Waals surface area contributed by atoms with E-state index in [0.717, 1.165) is 27.8 Å². The van der Waals surface area contributed by atoms with Gasteiger partial charge in [0.25, 0.3) is 0 Å². The van der Waals surface area contributed by atoms with Gasteiger partial charge in [0.1, 0.15) is 0 Å². The molecule has 0 atom stereocenters. The van der Waals surface area contributed by atoms with Crippen LogP contribution >= 0.6 is 0 Å². The van der Waals surface area contributed by atoms with Crippen molar-refractivity contribution in [3.63, 3.8) is 0 Å². The molecule has 5 aromatic carbocycles. The van der Waals surface area contributed by atoms with E-state index in [1.807, 2.05) is 109 Å². The largest absolute Gasteiger partial charge is 0.493 e. The lowest BCUT2D eigenvalue weighted by Crippen LogP contribution is -2.43. The lowest BCUT2D eigenvalue weighted by Gasteiger charge is -2.34. The molecule has 6 aromatic rings. The first kappa shape index (κ1) is 35.2. The molecule has 7 rings (SSSR count). The molecule has 0 unspecified atom stereocenters. The van der Waals surface area contributed by atoms with Crippen LogP contribution < -0.4 is 14.8 Å². The number of alkyl halides is 3. The van der Waals surface area contributed by atoms with Gasteiger partial charge < -0.3 is 19.7 Å². The molecule has 1 aliphatic rings. The Morgan fingerprint density at radius 3 is 1.81 bits per heavy atom. The van der Waals surface area contributed by atoms with Crippen LogP contribution in [0.25, 0.3) is 22.5 Å². The molecule has 270 valence electrons. The zero-order valence-electron chi connectivity index (χ0n) is 29.1. The number of nitrogens with one attached hydrogen (secondary N) is 1. The van der Waals surface area contributed by atoms with E-state index in [-0.39, 0.29) is 31.8 Å². The number of likely N-dealkylation sites (tertiary alicyclic amines) is 1. The minimum Gasteiger partial charge on any atom is -0.493 e. The van der Waals surface area contributed by atoms with E-state index in [0.29, 0.717) is 22.7 Å². The van der Waals surface area contributed by atoms with E-state index < -0.39 is 23.7 Å². The normalized spacial score (nSPS) is 13.8. The Labute approximate surface area is 305 Å². The number of amides is 2. The summed E-state index contributed by atoms with van der Waals surface area (Å²) < 4.78 is 51.0. The number of rotatable bonds is 9. The first-order chi connectivity index (χ1) is 25.7. The smallest absolute Gasteiger partial charge is 0.391 e. The molecule has 2 amide bonds. The summed E-state index contributed by atoms with van der Waals surface area (Å²) in [4.78, 5) is 16.4. The van der Waals surface area contributed by atoms with Crippen molar-refractivity contribution >= 4 is 11.7 Å². The highest BCUT2D eigenvalue weighted by atomic mass is 19.4. The average molecular weight is 719 g/mol. The van der Waals surface area contributed by atoms with E-state index in [1.54, 1.807) is 37.2 Å². The van der Waals surface area contributed by atoms with Crippen molar-refractivity contribution in [2.45, 2.75) is 24.6 Å². The van der Waals surface area contributed by atoms with E-state index in [4.69, 9.17) is 19.8 Å². The molecule has 1 aromatic heterocycles. The Hall–Kier alpha value is -6.17. The quantitative estimate of drug-likeness (QED) is 0.151. The Kier molecular flexibility index (Phi) is 9.86. The first-order valence-electron chi connectivity index (χ1n) is 17.2. The van der Waals surface area contributed by atoms with E-state index >= 15 is 0 Å². The second-order valence-corrected chi connectivity index (χ2v) is 12.8. The first-order valence-corrected chi connectivity index (χ1v) is 17.2. The van der Waals surface area contributed by atoms with Crippen LogP contribution in [0.5, 0.6) is 11.5 Å². The number of carbonyl (C=O) groups is 1. The highest BCUT2D eigenvalue weighted by molar-refractivity contribution is 5.92. The fourth-order valence-electron chi connectivity index (χ4n) is 7.02. The minimum atomic E-state index is -4.28. The lowest BCUT2D eigenvalue weighted by atomic mass is 9.77. The number of aromatic nitrogens is 4. The predicted octanol–water partition coefficient (Wildman–Crippen LogP) is 8.67. The molecule has 1 N–H and O–H groups in total. The van der Waals surface area contributed by atoms with Crippen molar-refractivity contribution in [3.8, 4) is 34.0 Å². The second-order valence-electron chi connectivity index (χ2n) is 12.8. The molecule has 1 aliphatic heterocycles.